The zero-order valence-corrected chi connectivity index (χ0v) is 20.2. The first-order valence-corrected chi connectivity index (χ1v) is 12.4. The number of ether oxygens (including phenoxy) is 2. The van der Waals surface area contributed by atoms with Crippen molar-refractivity contribution < 1.29 is 19.7 Å². The summed E-state index contributed by atoms with van der Waals surface area (Å²) in [7, 11) is 4.11. The minimum atomic E-state index is -0.903. The minimum absolute atomic E-state index is 0.0598. The van der Waals surface area contributed by atoms with Crippen molar-refractivity contribution in [2.45, 2.75) is 82.6 Å². The summed E-state index contributed by atoms with van der Waals surface area (Å²) < 4.78 is 13.2. The van der Waals surface area contributed by atoms with Crippen LogP contribution in [0.1, 0.15) is 58.1 Å². The quantitative estimate of drug-likeness (QED) is 0.739. The summed E-state index contributed by atoms with van der Waals surface area (Å²) in [6.07, 6.45) is 3.84. The molecule has 2 heterocycles. The molecular weight excluding hydrogens is 402 g/mol. The lowest BCUT2D eigenvalue weighted by atomic mass is 9.29. The molecule has 174 valence electrons. The molecule has 5 nitrogen and oxygen atoms in total. The first kappa shape index (κ1) is 20.1. The fourth-order valence-corrected chi connectivity index (χ4v) is 10.3. The monoisotopic (exact) mass is 439 g/mol. The van der Waals surface area contributed by atoms with E-state index in [4.69, 9.17) is 9.47 Å². The van der Waals surface area contributed by atoms with E-state index >= 15 is 0 Å². The number of piperidine rings is 1. The van der Waals surface area contributed by atoms with Crippen molar-refractivity contribution >= 4 is 0 Å². The highest BCUT2D eigenvalue weighted by Crippen LogP contribution is 2.86. The average Bonchev–Trinajstić information content (AvgIpc) is 3.21. The molecule has 32 heavy (non-hydrogen) atoms. The second-order valence-corrected chi connectivity index (χ2v) is 13.3. The molecule has 5 aliphatic carbocycles. The molecule has 4 bridgehead atoms. The largest absolute Gasteiger partial charge is 0.504 e. The molecule has 1 saturated heterocycles. The molecule has 1 aromatic rings. The molecule has 4 unspecified atom stereocenters. The second-order valence-electron chi connectivity index (χ2n) is 13.3. The molecule has 2 aliphatic heterocycles. The smallest absolute Gasteiger partial charge is 0.165 e. The predicted molar refractivity (Wildman–Crippen MR) is 121 cm³/mol. The van der Waals surface area contributed by atoms with E-state index in [0.29, 0.717) is 23.6 Å². The lowest BCUT2D eigenvalue weighted by Gasteiger charge is -2.76. The number of hydrogen-bond acceptors (Lipinski definition) is 5. The van der Waals surface area contributed by atoms with Crippen LogP contribution in [0.2, 0.25) is 0 Å². The Balaban J connectivity index is 1.53. The molecule has 7 atom stereocenters. The number of aliphatic hydroxyl groups is 1. The number of hydrogen-bond donors (Lipinski definition) is 2. The molecule has 1 aromatic carbocycles. The van der Waals surface area contributed by atoms with Gasteiger partial charge in [-0.2, -0.15) is 0 Å². The van der Waals surface area contributed by atoms with Gasteiger partial charge in [0.2, 0.25) is 0 Å². The molecule has 4 saturated carbocycles. The highest BCUT2D eigenvalue weighted by Gasteiger charge is 2.89. The van der Waals surface area contributed by atoms with Crippen LogP contribution in [0.4, 0.5) is 0 Å². The molecule has 2 N–H and O–H groups in total. The van der Waals surface area contributed by atoms with Crippen molar-refractivity contribution in [3.05, 3.63) is 23.3 Å². The Morgan fingerprint density at radius 3 is 2.56 bits per heavy atom. The Morgan fingerprint density at radius 1 is 1.19 bits per heavy atom. The van der Waals surface area contributed by atoms with Gasteiger partial charge in [0, 0.05) is 41.5 Å². The van der Waals surface area contributed by atoms with Crippen molar-refractivity contribution in [3.8, 4) is 11.5 Å². The first-order valence-electron chi connectivity index (χ1n) is 12.4. The second kappa shape index (κ2) is 5.34. The van der Waals surface area contributed by atoms with Crippen molar-refractivity contribution in [1.29, 1.82) is 0 Å². The summed E-state index contributed by atoms with van der Waals surface area (Å²) in [6.45, 7) is 9.60. The number of nitrogens with zero attached hydrogens (tertiary/aromatic N) is 1. The summed E-state index contributed by atoms with van der Waals surface area (Å²) in [5, 5.41) is 23.1. The van der Waals surface area contributed by atoms with E-state index in [-0.39, 0.29) is 39.6 Å². The third-order valence-corrected chi connectivity index (χ3v) is 11.7. The third-order valence-electron chi connectivity index (χ3n) is 11.7. The van der Waals surface area contributed by atoms with Crippen LogP contribution < -0.4 is 4.74 Å². The van der Waals surface area contributed by atoms with Crippen LogP contribution >= 0.6 is 0 Å². The predicted octanol–water partition coefficient (Wildman–Crippen LogP) is 3.49. The van der Waals surface area contributed by atoms with Gasteiger partial charge < -0.3 is 24.6 Å². The van der Waals surface area contributed by atoms with E-state index in [9.17, 15) is 10.2 Å². The average molecular weight is 440 g/mol. The van der Waals surface area contributed by atoms with Crippen molar-refractivity contribution in [2.24, 2.45) is 28.1 Å². The summed E-state index contributed by atoms with van der Waals surface area (Å²) >= 11 is 0. The number of fused-ring (bicyclic) bond motifs is 1. The normalized spacial score (nSPS) is 49.2. The maximum atomic E-state index is 12.2. The Hall–Kier alpha value is -1.30. The van der Waals surface area contributed by atoms with Crippen molar-refractivity contribution in [2.75, 3.05) is 20.7 Å². The standard InChI is InChI=1S/C27H37NO4/c1-23(2,3)24(4,30)26-12-25(13-26)18-10-16-15(11-28(18)5)9-14-7-8-17(29)20-19(14)27(16,25)22(32-20)21(26)31-6/h7-8,15-16,18,21-22,29-30H,9-13H2,1-6H3/t15?,16?,18?,21-,22-,24+,25?,26?,27?/m0/s1. The zero-order chi connectivity index (χ0) is 22.6. The molecular formula is C27H37NO4. The van der Waals surface area contributed by atoms with Crippen LogP contribution in [0, 0.1) is 28.1 Å². The molecule has 2 spiro atoms. The third kappa shape index (κ3) is 1.67. The zero-order valence-electron chi connectivity index (χ0n) is 20.2. The maximum Gasteiger partial charge on any atom is 0.165 e. The lowest BCUT2D eigenvalue weighted by molar-refractivity contribution is -0.337. The number of rotatable bonds is 2. The first-order chi connectivity index (χ1) is 15.0. The number of phenols is 1. The van der Waals surface area contributed by atoms with E-state index in [2.05, 4.69) is 38.8 Å². The van der Waals surface area contributed by atoms with Gasteiger partial charge in [0.1, 0.15) is 12.2 Å². The Kier molecular flexibility index (Phi) is 3.35. The molecule has 0 amide bonds. The van der Waals surface area contributed by atoms with Gasteiger partial charge in [-0.3, -0.25) is 0 Å². The molecule has 0 radical (unpaired) electrons. The van der Waals surface area contributed by atoms with Crippen LogP contribution in [0.5, 0.6) is 11.5 Å². The fourth-order valence-electron chi connectivity index (χ4n) is 10.3. The van der Waals surface area contributed by atoms with E-state index in [0.717, 1.165) is 25.8 Å². The highest BCUT2D eigenvalue weighted by molar-refractivity contribution is 5.64. The van der Waals surface area contributed by atoms with Crippen molar-refractivity contribution in [1.82, 2.24) is 4.90 Å². The van der Waals surface area contributed by atoms with Crippen molar-refractivity contribution in [3.63, 3.8) is 0 Å². The Morgan fingerprint density at radius 2 is 1.91 bits per heavy atom. The molecule has 8 rings (SSSR count). The van der Waals surface area contributed by atoms with Crippen LogP contribution in [0.15, 0.2) is 12.1 Å². The SMILES string of the molecule is CO[C@H]1[C@@H]2Oc3c(O)ccc4c3C23C2CC(N(C)CC2C4)C32CC1([C@](C)(O)C(C)(C)C)C2. The number of phenolic OH excluding ortho intramolecular Hbond substituents is 1. The van der Waals surface area contributed by atoms with Crippen LogP contribution in [-0.4, -0.2) is 59.7 Å². The molecule has 5 heteroatoms. The fraction of sp³-hybridized carbons (Fsp3) is 0.778. The molecule has 7 aliphatic rings. The van der Waals surface area contributed by atoms with E-state index in [1.807, 2.05) is 13.0 Å². The van der Waals surface area contributed by atoms with Gasteiger partial charge in [0.25, 0.3) is 0 Å². The number of methoxy groups -OCH3 is 1. The maximum absolute atomic E-state index is 12.2. The summed E-state index contributed by atoms with van der Waals surface area (Å²) in [6, 6.07) is 4.47. The summed E-state index contributed by atoms with van der Waals surface area (Å²) in [4.78, 5) is 2.62. The minimum Gasteiger partial charge on any atom is -0.504 e. The van der Waals surface area contributed by atoms with Crippen LogP contribution in [0.3, 0.4) is 0 Å². The molecule has 5 fully saturated rings. The van der Waals surface area contributed by atoms with Gasteiger partial charge in [-0.15, -0.1) is 0 Å². The Labute approximate surface area is 191 Å². The van der Waals surface area contributed by atoms with Gasteiger partial charge in [-0.05, 0) is 68.5 Å². The van der Waals surface area contributed by atoms with Crippen LogP contribution in [-0.2, 0) is 16.6 Å². The summed E-state index contributed by atoms with van der Waals surface area (Å²) in [5.41, 5.74) is 1.05. The van der Waals surface area contributed by atoms with E-state index in [1.165, 1.54) is 17.5 Å². The van der Waals surface area contributed by atoms with Gasteiger partial charge in [-0.25, -0.2) is 0 Å². The highest BCUT2D eigenvalue weighted by atomic mass is 16.5. The Bertz CT molecular complexity index is 1030. The topological polar surface area (TPSA) is 62.2 Å². The molecule has 0 aromatic heterocycles. The van der Waals surface area contributed by atoms with Gasteiger partial charge in [-0.1, -0.05) is 26.8 Å². The lowest BCUT2D eigenvalue weighted by Crippen LogP contribution is -2.83. The van der Waals surface area contributed by atoms with Gasteiger partial charge in [0.05, 0.1) is 5.60 Å². The van der Waals surface area contributed by atoms with Gasteiger partial charge in [0.15, 0.2) is 11.5 Å². The van der Waals surface area contributed by atoms with E-state index < -0.39 is 5.60 Å². The number of benzene rings is 1. The number of aromatic hydroxyl groups is 1. The number of likely N-dealkylation sites (tertiary alicyclic amines) is 1. The van der Waals surface area contributed by atoms with Gasteiger partial charge >= 0.3 is 0 Å². The summed E-state index contributed by atoms with van der Waals surface area (Å²) in [5.74, 6) is 2.14. The van der Waals surface area contributed by atoms with E-state index in [1.54, 1.807) is 7.11 Å². The van der Waals surface area contributed by atoms with Crippen LogP contribution in [0.25, 0.3) is 0 Å².